The van der Waals surface area contributed by atoms with Gasteiger partial charge >= 0.3 is 5.97 Å². The second kappa shape index (κ2) is 6.17. The van der Waals surface area contributed by atoms with E-state index in [0.717, 1.165) is 0 Å². The van der Waals surface area contributed by atoms with Crippen molar-refractivity contribution in [3.05, 3.63) is 18.3 Å². The Morgan fingerprint density at radius 1 is 1.42 bits per heavy atom. The Labute approximate surface area is 111 Å². The number of nitrogens with zero attached hydrogens (tertiary/aromatic N) is 1. The molecule has 6 nitrogen and oxygen atoms in total. The van der Waals surface area contributed by atoms with E-state index in [9.17, 15) is 9.59 Å². The third kappa shape index (κ3) is 4.57. The topological polar surface area (TPSA) is 88.5 Å². The summed E-state index contributed by atoms with van der Waals surface area (Å²) in [5.41, 5.74) is -0.586. The van der Waals surface area contributed by atoms with Gasteiger partial charge in [0.1, 0.15) is 0 Å². The summed E-state index contributed by atoms with van der Waals surface area (Å²) in [5.74, 6) is -0.891. The SMILES string of the molecule is CCOc1ccc(NC(=O)CC(C)(C)C(=O)O)cn1. The van der Waals surface area contributed by atoms with Crippen molar-refractivity contribution >= 4 is 17.6 Å². The maximum atomic E-state index is 11.7. The van der Waals surface area contributed by atoms with E-state index in [1.54, 1.807) is 12.1 Å². The highest BCUT2D eigenvalue weighted by Gasteiger charge is 2.30. The molecule has 0 fully saturated rings. The first-order chi connectivity index (χ1) is 8.85. The zero-order valence-electron chi connectivity index (χ0n) is 11.3. The predicted octanol–water partition coefficient (Wildman–Crippen LogP) is 1.92. The molecule has 0 spiro atoms. The van der Waals surface area contributed by atoms with E-state index in [-0.39, 0.29) is 12.3 Å². The van der Waals surface area contributed by atoms with E-state index < -0.39 is 11.4 Å². The molecule has 6 heteroatoms. The number of carboxylic acid groups (broad SMARTS) is 1. The minimum Gasteiger partial charge on any atom is -0.481 e. The van der Waals surface area contributed by atoms with Gasteiger partial charge in [0.2, 0.25) is 11.8 Å². The number of ether oxygens (including phenoxy) is 1. The maximum absolute atomic E-state index is 11.7. The lowest BCUT2D eigenvalue weighted by atomic mass is 9.89. The number of carbonyl (C=O) groups is 2. The molecule has 0 bridgehead atoms. The van der Waals surface area contributed by atoms with Gasteiger partial charge in [-0.3, -0.25) is 9.59 Å². The van der Waals surface area contributed by atoms with Gasteiger partial charge in [-0.2, -0.15) is 0 Å². The van der Waals surface area contributed by atoms with E-state index in [1.165, 1.54) is 20.0 Å². The first kappa shape index (κ1) is 14.9. The molecule has 1 aromatic rings. The lowest BCUT2D eigenvalue weighted by Gasteiger charge is -2.18. The molecule has 2 N–H and O–H groups in total. The molecule has 19 heavy (non-hydrogen) atoms. The summed E-state index contributed by atoms with van der Waals surface area (Å²) in [6, 6.07) is 3.30. The van der Waals surface area contributed by atoms with E-state index in [1.807, 2.05) is 6.92 Å². The Kier molecular flexibility index (Phi) is 4.86. The third-order valence-electron chi connectivity index (χ3n) is 2.49. The molecule has 1 heterocycles. The fraction of sp³-hybridized carbons (Fsp3) is 0.462. The lowest BCUT2D eigenvalue weighted by molar-refractivity contribution is -0.148. The Hall–Kier alpha value is -2.11. The molecule has 0 radical (unpaired) electrons. The van der Waals surface area contributed by atoms with Crippen LogP contribution in [-0.4, -0.2) is 28.6 Å². The maximum Gasteiger partial charge on any atom is 0.309 e. The normalized spacial score (nSPS) is 10.9. The van der Waals surface area contributed by atoms with Crippen LogP contribution in [0, 0.1) is 5.41 Å². The van der Waals surface area contributed by atoms with Gasteiger partial charge in [-0.15, -0.1) is 0 Å². The number of rotatable bonds is 6. The molecular formula is C13H18N2O4. The van der Waals surface area contributed by atoms with Gasteiger partial charge in [0, 0.05) is 12.5 Å². The van der Waals surface area contributed by atoms with Crippen molar-refractivity contribution < 1.29 is 19.4 Å². The summed E-state index contributed by atoms with van der Waals surface area (Å²) < 4.78 is 5.18. The molecule has 0 aliphatic heterocycles. The van der Waals surface area contributed by atoms with Crippen molar-refractivity contribution in [2.24, 2.45) is 5.41 Å². The second-order valence-electron chi connectivity index (χ2n) is 4.73. The Morgan fingerprint density at radius 3 is 2.58 bits per heavy atom. The summed E-state index contributed by atoms with van der Waals surface area (Å²) in [4.78, 5) is 26.6. The first-order valence-corrected chi connectivity index (χ1v) is 5.97. The van der Waals surface area contributed by atoms with Crippen molar-refractivity contribution in [1.82, 2.24) is 4.98 Å². The van der Waals surface area contributed by atoms with Crippen molar-refractivity contribution in [2.75, 3.05) is 11.9 Å². The standard InChI is InChI=1S/C13H18N2O4/c1-4-19-11-6-5-9(8-14-11)15-10(16)7-13(2,3)12(17)18/h5-6,8H,4,7H2,1-3H3,(H,15,16)(H,17,18). The van der Waals surface area contributed by atoms with Crippen LogP contribution in [0.1, 0.15) is 27.2 Å². The zero-order valence-corrected chi connectivity index (χ0v) is 11.3. The largest absolute Gasteiger partial charge is 0.481 e. The molecule has 0 aliphatic carbocycles. The monoisotopic (exact) mass is 266 g/mol. The van der Waals surface area contributed by atoms with Crippen molar-refractivity contribution in [1.29, 1.82) is 0 Å². The summed E-state index contributed by atoms with van der Waals surface area (Å²) in [6.07, 6.45) is 1.37. The highest BCUT2D eigenvalue weighted by Crippen LogP contribution is 2.21. The fourth-order valence-electron chi connectivity index (χ4n) is 1.37. The van der Waals surface area contributed by atoms with E-state index in [2.05, 4.69) is 10.3 Å². The summed E-state index contributed by atoms with van der Waals surface area (Å²) in [7, 11) is 0. The number of anilines is 1. The predicted molar refractivity (Wildman–Crippen MR) is 70.1 cm³/mol. The number of aromatic nitrogens is 1. The molecule has 104 valence electrons. The van der Waals surface area contributed by atoms with Gasteiger partial charge in [-0.05, 0) is 26.8 Å². The number of amides is 1. The van der Waals surface area contributed by atoms with Crippen LogP contribution in [0.2, 0.25) is 0 Å². The van der Waals surface area contributed by atoms with Gasteiger partial charge < -0.3 is 15.2 Å². The first-order valence-electron chi connectivity index (χ1n) is 5.97. The van der Waals surface area contributed by atoms with Crippen LogP contribution in [0.15, 0.2) is 18.3 Å². The third-order valence-corrected chi connectivity index (χ3v) is 2.49. The van der Waals surface area contributed by atoms with Crippen LogP contribution in [0.3, 0.4) is 0 Å². The van der Waals surface area contributed by atoms with Crippen LogP contribution >= 0.6 is 0 Å². The highest BCUT2D eigenvalue weighted by molar-refractivity contribution is 5.93. The van der Waals surface area contributed by atoms with Crippen molar-refractivity contribution in [3.8, 4) is 5.88 Å². The van der Waals surface area contributed by atoms with Crippen LogP contribution in [0.25, 0.3) is 0 Å². The number of pyridine rings is 1. The smallest absolute Gasteiger partial charge is 0.309 e. The average Bonchev–Trinajstić information content (AvgIpc) is 2.31. The lowest BCUT2D eigenvalue weighted by Crippen LogP contribution is -2.29. The van der Waals surface area contributed by atoms with Crippen LogP contribution in [-0.2, 0) is 9.59 Å². The average molecular weight is 266 g/mol. The molecular weight excluding hydrogens is 248 g/mol. The van der Waals surface area contributed by atoms with E-state index in [4.69, 9.17) is 9.84 Å². The van der Waals surface area contributed by atoms with Crippen LogP contribution in [0.5, 0.6) is 5.88 Å². The van der Waals surface area contributed by atoms with E-state index in [0.29, 0.717) is 18.2 Å². The van der Waals surface area contributed by atoms with Gasteiger partial charge in [0.05, 0.1) is 23.9 Å². The molecule has 0 atom stereocenters. The molecule has 1 amide bonds. The fourth-order valence-corrected chi connectivity index (χ4v) is 1.37. The minimum absolute atomic E-state index is 0.102. The number of hydrogen-bond acceptors (Lipinski definition) is 4. The van der Waals surface area contributed by atoms with Gasteiger partial charge in [0.25, 0.3) is 0 Å². The molecule has 0 aromatic carbocycles. The Balaban J connectivity index is 2.60. The van der Waals surface area contributed by atoms with E-state index >= 15 is 0 Å². The second-order valence-corrected chi connectivity index (χ2v) is 4.73. The Morgan fingerprint density at radius 2 is 2.11 bits per heavy atom. The Bertz CT molecular complexity index is 454. The number of nitrogens with one attached hydrogen (secondary N) is 1. The van der Waals surface area contributed by atoms with Gasteiger partial charge in [0.15, 0.2) is 0 Å². The van der Waals surface area contributed by atoms with Gasteiger partial charge in [-0.25, -0.2) is 4.98 Å². The number of hydrogen-bond donors (Lipinski definition) is 2. The van der Waals surface area contributed by atoms with Crippen LogP contribution in [0.4, 0.5) is 5.69 Å². The molecule has 1 rings (SSSR count). The minimum atomic E-state index is -1.09. The van der Waals surface area contributed by atoms with Gasteiger partial charge in [-0.1, -0.05) is 0 Å². The highest BCUT2D eigenvalue weighted by atomic mass is 16.5. The zero-order chi connectivity index (χ0) is 14.5. The number of aliphatic carboxylic acids is 1. The molecule has 0 saturated carbocycles. The summed E-state index contributed by atoms with van der Waals surface area (Å²) in [6.45, 7) is 5.38. The molecule has 0 unspecified atom stereocenters. The van der Waals surface area contributed by atoms with Crippen molar-refractivity contribution in [2.45, 2.75) is 27.2 Å². The molecule has 0 saturated heterocycles. The number of carboxylic acids is 1. The summed E-state index contributed by atoms with van der Waals surface area (Å²) >= 11 is 0. The quantitative estimate of drug-likeness (QED) is 0.821. The molecule has 0 aliphatic rings. The summed E-state index contributed by atoms with van der Waals surface area (Å²) in [5, 5.41) is 11.5. The van der Waals surface area contributed by atoms with Crippen molar-refractivity contribution in [3.63, 3.8) is 0 Å². The molecule has 1 aromatic heterocycles. The number of carbonyl (C=O) groups excluding carboxylic acids is 1. The van der Waals surface area contributed by atoms with Crippen LogP contribution < -0.4 is 10.1 Å².